The van der Waals surface area contributed by atoms with Crippen LogP contribution in [-0.4, -0.2) is 49.7 Å². The SMILES string of the molecule is CC#CCn1c(N2CCCC(NC(=O)O)C2)nc2cnn(Cc3cccc4ccccc34)c(=O)c21. The molecule has 9 heteroatoms. The minimum Gasteiger partial charge on any atom is -0.465 e. The van der Waals surface area contributed by atoms with E-state index in [0.29, 0.717) is 36.6 Å². The van der Waals surface area contributed by atoms with Crippen LogP contribution in [0.2, 0.25) is 0 Å². The van der Waals surface area contributed by atoms with E-state index in [1.165, 1.54) is 4.68 Å². The number of benzene rings is 2. The van der Waals surface area contributed by atoms with Crippen molar-refractivity contribution in [3.8, 4) is 11.8 Å². The van der Waals surface area contributed by atoms with Crippen LogP contribution < -0.4 is 15.8 Å². The van der Waals surface area contributed by atoms with Crippen molar-refractivity contribution in [3.05, 3.63) is 64.6 Å². The van der Waals surface area contributed by atoms with Gasteiger partial charge in [-0.1, -0.05) is 48.4 Å². The maximum absolute atomic E-state index is 13.6. The lowest BCUT2D eigenvalue weighted by atomic mass is 10.0. The smallest absolute Gasteiger partial charge is 0.404 e. The molecule has 5 rings (SSSR count). The van der Waals surface area contributed by atoms with E-state index in [1.54, 1.807) is 13.1 Å². The summed E-state index contributed by atoms with van der Waals surface area (Å²) in [7, 11) is 0. The Morgan fingerprint density at radius 2 is 2.06 bits per heavy atom. The summed E-state index contributed by atoms with van der Waals surface area (Å²) in [5.41, 5.74) is 1.73. The Morgan fingerprint density at radius 3 is 2.89 bits per heavy atom. The zero-order valence-corrected chi connectivity index (χ0v) is 19.4. The van der Waals surface area contributed by atoms with Gasteiger partial charge in [-0.2, -0.15) is 5.10 Å². The van der Waals surface area contributed by atoms with Gasteiger partial charge < -0.3 is 15.3 Å². The summed E-state index contributed by atoms with van der Waals surface area (Å²) in [6.45, 7) is 3.60. The molecular weight excluding hydrogens is 444 g/mol. The molecule has 35 heavy (non-hydrogen) atoms. The first-order chi connectivity index (χ1) is 17.0. The molecule has 2 N–H and O–H groups in total. The number of imidazole rings is 1. The predicted molar refractivity (Wildman–Crippen MR) is 135 cm³/mol. The van der Waals surface area contributed by atoms with Crippen molar-refractivity contribution in [1.82, 2.24) is 24.6 Å². The highest BCUT2D eigenvalue weighted by Crippen LogP contribution is 2.24. The third-order valence-corrected chi connectivity index (χ3v) is 6.38. The lowest BCUT2D eigenvalue weighted by molar-refractivity contribution is 0.188. The number of nitrogens with one attached hydrogen (secondary N) is 1. The van der Waals surface area contributed by atoms with Crippen LogP contribution in [0.25, 0.3) is 21.8 Å². The fourth-order valence-electron chi connectivity index (χ4n) is 4.78. The summed E-state index contributed by atoms with van der Waals surface area (Å²) in [5.74, 6) is 6.56. The Balaban J connectivity index is 1.57. The van der Waals surface area contributed by atoms with E-state index in [-0.39, 0.29) is 11.6 Å². The molecule has 0 spiro atoms. The first-order valence-electron chi connectivity index (χ1n) is 11.6. The summed E-state index contributed by atoms with van der Waals surface area (Å²) in [6.07, 6.45) is 2.16. The monoisotopic (exact) mass is 470 g/mol. The predicted octanol–water partition coefficient (Wildman–Crippen LogP) is 3.05. The molecule has 0 radical (unpaired) electrons. The number of aromatic nitrogens is 4. The number of fused-ring (bicyclic) bond motifs is 2. The second-order valence-corrected chi connectivity index (χ2v) is 8.64. The van der Waals surface area contributed by atoms with Crippen molar-refractivity contribution < 1.29 is 9.90 Å². The van der Waals surface area contributed by atoms with Gasteiger partial charge in [-0.05, 0) is 36.1 Å². The molecular formula is C26H26N6O3. The van der Waals surface area contributed by atoms with Gasteiger partial charge in [0.1, 0.15) is 11.0 Å². The highest BCUT2D eigenvalue weighted by atomic mass is 16.4. The quantitative estimate of drug-likeness (QED) is 0.435. The van der Waals surface area contributed by atoms with Gasteiger partial charge in [0.2, 0.25) is 5.95 Å². The Morgan fingerprint density at radius 1 is 1.23 bits per heavy atom. The molecule has 1 unspecified atom stereocenters. The number of amides is 1. The van der Waals surface area contributed by atoms with Gasteiger partial charge in [0.15, 0.2) is 0 Å². The fraction of sp³-hybridized carbons (Fsp3) is 0.308. The van der Waals surface area contributed by atoms with Gasteiger partial charge in [-0.15, -0.1) is 5.92 Å². The number of nitrogens with zero attached hydrogens (tertiary/aromatic N) is 5. The first-order valence-corrected chi connectivity index (χ1v) is 11.6. The molecule has 1 amide bonds. The topological polar surface area (TPSA) is 105 Å². The minimum absolute atomic E-state index is 0.201. The Labute approximate surface area is 202 Å². The second-order valence-electron chi connectivity index (χ2n) is 8.64. The highest BCUT2D eigenvalue weighted by molar-refractivity contribution is 5.85. The number of rotatable bonds is 5. The molecule has 3 heterocycles. The minimum atomic E-state index is -1.04. The molecule has 178 valence electrons. The molecule has 1 fully saturated rings. The Kier molecular flexibility index (Phi) is 6.10. The van der Waals surface area contributed by atoms with Crippen molar-refractivity contribution >= 4 is 33.8 Å². The van der Waals surface area contributed by atoms with Gasteiger partial charge in [-0.25, -0.2) is 14.5 Å². The van der Waals surface area contributed by atoms with Crippen LogP contribution in [0.1, 0.15) is 25.3 Å². The van der Waals surface area contributed by atoms with Crippen molar-refractivity contribution in [3.63, 3.8) is 0 Å². The van der Waals surface area contributed by atoms with Gasteiger partial charge >= 0.3 is 6.09 Å². The largest absolute Gasteiger partial charge is 0.465 e. The van der Waals surface area contributed by atoms with E-state index in [4.69, 9.17) is 10.1 Å². The molecule has 0 bridgehead atoms. The normalized spacial score (nSPS) is 15.7. The van der Waals surface area contributed by atoms with Crippen LogP contribution in [0, 0.1) is 11.8 Å². The molecule has 9 nitrogen and oxygen atoms in total. The van der Waals surface area contributed by atoms with Crippen molar-refractivity contribution in [1.29, 1.82) is 0 Å². The molecule has 1 saturated heterocycles. The van der Waals surface area contributed by atoms with E-state index < -0.39 is 6.09 Å². The van der Waals surface area contributed by atoms with Crippen molar-refractivity contribution in [2.45, 2.75) is 38.9 Å². The lowest BCUT2D eigenvalue weighted by Crippen LogP contribution is -2.48. The lowest BCUT2D eigenvalue weighted by Gasteiger charge is -2.33. The van der Waals surface area contributed by atoms with Crippen LogP contribution >= 0.6 is 0 Å². The van der Waals surface area contributed by atoms with Crippen molar-refractivity contribution in [2.24, 2.45) is 0 Å². The van der Waals surface area contributed by atoms with E-state index >= 15 is 0 Å². The number of carbonyl (C=O) groups is 1. The maximum atomic E-state index is 13.6. The Bertz CT molecular complexity index is 1520. The summed E-state index contributed by atoms with van der Waals surface area (Å²) in [5, 5.41) is 18.3. The van der Waals surface area contributed by atoms with Crippen molar-refractivity contribution in [2.75, 3.05) is 18.0 Å². The standard InChI is InChI=1S/C26H26N6O3/c1-2-3-14-31-23-22(29-25(31)30-13-7-11-20(17-30)28-26(34)35)15-27-32(24(23)33)16-19-10-6-9-18-8-4-5-12-21(18)19/h4-6,8-10,12,15,20,28H,7,11,13-14,16-17H2,1H3,(H,34,35). The summed E-state index contributed by atoms with van der Waals surface area (Å²) < 4.78 is 3.30. The maximum Gasteiger partial charge on any atom is 0.404 e. The molecule has 2 aromatic heterocycles. The van der Waals surface area contributed by atoms with Crippen LogP contribution in [0.15, 0.2) is 53.5 Å². The van der Waals surface area contributed by atoms with E-state index in [0.717, 1.165) is 35.7 Å². The van der Waals surface area contributed by atoms with Crippen LogP contribution in [0.5, 0.6) is 0 Å². The number of anilines is 1. The summed E-state index contributed by atoms with van der Waals surface area (Å²) >= 11 is 0. The van der Waals surface area contributed by atoms with Crippen LogP contribution in [0.3, 0.4) is 0 Å². The van der Waals surface area contributed by atoms with E-state index in [2.05, 4.69) is 22.3 Å². The molecule has 0 saturated carbocycles. The fourth-order valence-corrected chi connectivity index (χ4v) is 4.78. The third kappa shape index (κ3) is 4.43. The van der Waals surface area contributed by atoms with E-state index in [9.17, 15) is 9.59 Å². The average molecular weight is 471 g/mol. The van der Waals surface area contributed by atoms with Gasteiger partial charge in [0.25, 0.3) is 5.56 Å². The molecule has 1 atom stereocenters. The summed E-state index contributed by atoms with van der Waals surface area (Å²) in [6, 6.07) is 13.9. The van der Waals surface area contributed by atoms with Gasteiger partial charge in [-0.3, -0.25) is 9.36 Å². The number of piperidine rings is 1. The van der Waals surface area contributed by atoms with Crippen LogP contribution in [-0.2, 0) is 13.1 Å². The molecule has 2 aromatic carbocycles. The molecule has 1 aliphatic rings. The number of carboxylic acid groups (broad SMARTS) is 1. The molecule has 1 aliphatic heterocycles. The first kappa shape index (κ1) is 22.5. The Hall–Kier alpha value is -4.32. The number of hydrogen-bond acceptors (Lipinski definition) is 5. The zero-order valence-electron chi connectivity index (χ0n) is 19.4. The van der Waals surface area contributed by atoms with E-state index in [1.807, 2.05) is 51.9 Å². The van der Waals surface area contributed by atoms with Gasteiger partial charge in [0.05, 0.1) is 19.3 Å². The molecule has 0 aliphatic carbocycles. The third-order valence-electron chi connectivity index (χ3n) is 6.38. The van der Waals surface area contributed by atoms with Crippen LogP contribution in [0.4, 0.5) is 10.7 Å². The molecule has 4 aromatic rings. The van der Waals surface area contributed by atoms with Gasteiger partial charge in [0, 0.05) is 19.1 Å². The zero-order chi connectivity index (χ0) is 24.4. The highest BCUT2D eigenvalue weighted by Gasteiger charge is 2.26. The summed E-state index contributed by atoms with van der Waals surface area (Å²) in [4.78, 5) is 31.5. The second kappa shape index (κ2) is 9.50. The average Bonchev–Trinajstić information content (AvgIpc) is 3.23. The number of hydrogen-bond donors (Lipinski definition) is 2.